The topological polar surface area (TPSA) is 131 Å². The van der Waals surface area contributed by atoms with Gasteiger partial charge in [-0.05, 0) is 0 Å². The van der Waals surface area contributed by atoms with Gasteiger partial charge in [-0.15, -0.1) is 0 Å². The van der Waals surface area contributed by atoms with E-state index < -0.39 is 55.1 Å². The van der Waals surface area contributed by atoms with Gasteiger partial charge in [0.15, 0.2) is 18.5 Å². The molecule has 1 saturated heterocycles. The third-order valence-electron chi connectivity index (χ3n) is 2.82. The Bertz CT molecular complexity index is 412. The molecule has 21 heavy (non-hydrogen) atoms. The van der Waals surface area contributed by atoms with Gasteiger partial charge in [0.05, 0.1) is 6.61 Å². The van der Waals surface area contributed by atoms with Crippen LogP contribution in [0.5, 0.6) is 0 Å². The molecule has 1 amide bonds. The fraction of sp³-hybridized carbons (Fsp3) is 0.750. The summed E-state index contributed by atoms with van der Waals surface area (Å²) in [4.78, 5) is 33.6. The number of esters is 2. The summed E-state index contributed by atoms with van der Waals surface area (Å²) in [6.07, 6.45) is -4.95. The van der Waals surface area contributed by atoms with Crippen molar-refractivity contribution in [2.24, 2.45) is 0 Å². The summed E-state index contributed by atoms with van der Waals surface area (Å²) >= 11 is 0. The molecule has 1 rings (SSSR count). The van der Waals surface area contributed by atoms with Crippen molar-refractivity contribution in [3.05, 3.63) is 0 Å². The van der Waals surface area contributed by atoms with Crippen molar-refractivity contribution in [2.45, 2.75) is 51.4 Å². The molecule has 0 aromatic carbocycles. The van der Waals surface area contributed by atoms with Crippen molar-refractivity contribution in [3.8, 4) is 0 Å². The van der Waals surface area contributed by atoms with Crippen LogP contribution in [0.25, 0.3) is 0 Å². The molecule has 120 valence electrons. The van der Waals surface area contributed by atoms with Crippen molar-refractivity contribution < 1.29 is 38.8 Å². The SMILES string of the molecule is CC(=O)N[C@H]1[C@@H](OC(C)=O)[C@H](OC(C)=O)[C@@H](CO)O[C@@H]1O. The van der Waals surface area contributed by atoms with Gasteiger partial charge in [-0.1, -0.05) is 0 Å². The molecule has 1 aliphatic rings. The van der Waals surface area contributed by atoms with Gasteiger partial charge >= 0.3 is 11.9 Å². The number of nitrogens with one attached hydrogen (secondary N) is 1. The maximum absolute atomic E-state index is 11.2. The second-order valence-corrected chi connectivity index (χ2v) is 4.62. The molecule has 1 aliphatic heterocycles. The molecule has 1 heterocycles. The first kappa shape index (κ1) is 17.3. The lowest BCUT2D eigenvalue weighted by atomic mass is 9.96. The van der Waals surface area contributed by atoms with Crippen LogP contribution < -0.4 is 5.32 Å². The Morgan fingerprint density at radius 2 is 1.62 bits per heavy atom. The Kier molecular flexibility index (Phi) is 6.06. The molecule has 0 bridgehead atoms. The summed E-state index contributed by atoms with van der Waals surface area (Å²) < 4.78 is 15.1. The fourth-order valence-electron chi connectivity index (χ4n) is 2.12. The minimum Gasteiger partial charge on any atom is -0.456 e. The van der Waals surface area contributed by atoms with Crippen molar-refractivity contribution in [2.75, 3.05) is 6.61 Å². The van der Waals surface area contributed by atoms with Gasteiger partial charge in [0, 0.05) is 20.8 Å². The van der Waals surface area contributed by atoms with Gasteiger partial charge < -0.3 is 29.7 Å². The quantitative estimate of drug-likeness (QED) is 0.511. The lowest BCUT2D eigenvalue weighted by molar-refractivity contribution is -0.263. The minimum absolute atomic E-state index is 0.496. The summed E-state index contributed by atoms with van der Waals surface area (Å²) in [5, 5.41) is 21.5. The summed E-state index contributed by atoms with van der Waals surface area (Å²) in [5.74, 6) is -1.88. The van der Waals surface area contributed by atoms with Crippen LogP contribution in [0.4, 0.5) is 0 Å². The highest BCUT2D eigenvalue weighted by Gasteiger charge is 2.49. The van der Waals surface area contributed by atoms with Gasteiger partial charge in [0.2, 0.25) is 5.91 Å². The van der Waals surface area contributed by atoms with Crippen molar-refractivity contribution in [1.29, 1.82) is 0 Å². The molecular weight excluding hydrogens is 286 g/mol. The van der Waals surface area contributed by atoms with Gasteiger partial charge in [0.1, 0.15) is 12.1 Å². The third kappa shape index (κ3) is 4.66. The number of hydrogen-bond acceptors (Lipinski definition) is 8. The summed E-state index contributed by atoms with van der Waals surface area (Å²) in [5.41, 5.74) is 0. The Morgan fingerprint density at radius 1 is 1.10 bits per heavy atom. The number of carbonyl (C=O) groups excluding carboxylic acids is 3. The Morgan fingerprint density at radius 3 is 2.05 bits per heavy atom. The summed E-state index contributed by atoms with van der Waals surface area (Å²) in [7, 11) is 0. The first-order valence-corrected chi connectivity index (χ1v) is 6.32. The van der Waals surface area contributed by atoms with Crippen molar-refractivity contribution in [3.63, 3.8) is 0 Å². The zero-order valence-electron chi connectivity index (χ0n) is 11.9. The number of rotatable bonds is 4. The van der Waals surface area contributed by atoms with E-state index in [0.29, 0.717) is 0 Å². The predicted molar refractivity (Wildman–Crippen MR) is 66.7 cm³/mol. The molecule has 0 saturated carbocycles. The van der Waals surface area contributed by atoms with Gasteiger partial charge in [-0.2, -0.15) is 0 Å². The van der Waals surface area contributed by atoms with Crippen LogP contribution in [0.1, 0.15) is 20.8 Å². The molecular formula is C12H19NO8. The van der Waals surface area contributed by atoms with E-state index in [1.165, 1.54) is 6.92 Å². The van der Waals surface area contributed by atoms with Crippen LogP contribution in [-0.4, -0.2) is 65.3 Å². The molecule has 0 spiro atoms. The van der Waals surface area contributed by atoms with Crippen LogP contribution in [0, 0.1) is 0 Å². The lowest BCUT2D eigenvalue weighted by Gasteiger charge is -2.43. The minimum atomic E-state index is -1.53. The largest absolute Gasteiger partial charge is 0.456 e. The van der Waals surface area contributed by atoms with E-state index in [1.807, 2.05) is 0 Å². The van der Waals surface area contributed by atoms with E-state index in [0.717, 1.165) is 13.8 Å². The second kappa shape index (κ2) is 7.34. The summed E-state index contributed by atoms with van der Waals surface area (Å²) in [6, 6.07) is -1.13. The average Bonchev–Trinajstić information content (AvgIpc) is 2.35. The van der Waals surface area contributed by atoms with Crippen LogP contribution >= 0.6 is 0 Å². The molecule has 0 aliphatic carbocycles. The van der Waals surface area contributed by atoms with Crippen LogP contribution in [-0.2, 0) is 28.6 Å². The number of carbonyl (C=O) groups is 3. The monoisotopic (exact) mass is 305 g/mol. The molecule has 9 heteroatoms. The Hall–Kier alpha value is -1.71. The molecule has 0 radical (unpaired) electrons. The van der Waals surface area contributed by atoms with Crippen LogP contribution in [0.15, 0.2) is 0 Å². The lowest BCUT2D eigenvalue weighted by Crippen LogP contribution is -2.65. The normalized spacial score (nSPS) is 32.1. The molecule has 0 aromatic heterocycles. The first-order chi connectivity index (χ1) is 9.76. The number of aliphatic hydroxyl groups excluding tert-OH is 2. The van der Waals surface area contributed by atoms with E-state index >= 15 is 0 Å². The van der Waals surface area contributed by atoms with E-state index in [4.69, 9.17) is 14.2 Å². The number of amides is 1. The number of aliphatic hydroxyl groups is 2. The molecule has 5 atom stereocenters. The highest BCUT2D eigenvalue weighted by molar-refractivity contribution is 5.73. The highest BCUT2D eigenvalue weighted by atomic mass is 16.7. The molecule has 0 unspecified atom stereocenters. The first-order valence-electron chi connectivity index (χ1n) is 6.32. The molecule has 3 N–H and O–H groups in total. The van der Waals surface area contributed by atoms with E-state index in [1.54, 1.807) is 0 Å². The third-order valence-corrected chi connectivity index (χ3v) is 2.82. The maximum atomic E-state index is 11.2. The zero-order valence-corrected chi connectivity index (χ0v) is 11.9. The number of hydrogen-bond donors (Lipinski definition) is 3. The van der Waals surface area contributed by atoms with Gasteiger partial charge in [0.25, 0.3) is 0 Å². The molecule has 1 fully saturated rings. The zero-order chi connectivity index (χ0) is 16.2. The standard InChI is InChI=1S/C12H19NO8/c1-5(15)13-9-11(20-7(3)17)10(19-6(2)16)8(4-14)21-12(9)18/h8-12,14,18H,4H2,1-3H3,(H,13,15)/t8-,9+,10-,11-,12+/m1/s1. The van der Waals surface area contributed by atoms with Gasteiger partial charge in [-0.3, -0.25) is 14.4 Å². The molecule has 9 nitrogen and oxygen atoms in total. The fourth-order valence-corrected chi connectivity index (χ4v) is 2.12. The van der Waals surface area contributed by atoms with Gasteiger partial charge in [-0.25, -0.2) is 0 Å². The number of ether oxygens (including phenoxy) is 3. The van der Waals surface area contributed by atoms with Crippen molar-refractivity contribution >= 4 is 17.8 Å². The Balaban J connectivity index is 3.08. The summed E-state index contributed by atoms with van der Waals surface area (Å²) in [6.45, 7) is 2.90. The van der Waals surface area contributed by atoms with E-state index in [2.05, 4.69) is 5.32 Å². The van der Waals surface area contributed by atoms with Crippen LogP contribution in [0.3, 0.4) is 0 Å². The maximum Gasteiger partial charge on any atom is 0.303 e. The van der Waals surface area contributed by atoms with Crippen molar-refractivity contribution in [1.82, 2.24) is 5.32 Å². The average molecular weight is 305 g/mol. The Labute approximate surface area is 121 Å². The predicted octanol–water partition coefficient (Wildman–Crippen LogP) is -1.94. The van der Waals surface area contributed by atoms with Crippen LogP contribution in [0.2, 0.25) is 0 Å². The smallest absolute Gasteiger partial charge is 0.303 e. The van der Waals surface area contributed by atoms with E-state index in [9.17, 15) is 24.6 Å². The molecule has 0 aromatic rings. The second-order valence-electron chi connectivity index (χ2n) is 4.62. The van der Waals surface area contributed by atoms with E-state index in [-0.39, 0.29) is 0 Å². The highest BCUT2D eigenvalue weighted by Crippen LogP contribution is 2.25.